The number of anilines is 1. The fraction of sp³-hybridized carbons (Fsp3) is 0.500. The van der Waals surface area contributed by atoms with Crippen molar-refractivity contribution in [3.63, 3.8) is 0 Å². The van der Waals surface area contributed by atoms with Crippen molar-refractivity contribution in [2.24, 2.45) is 0 Å². The minimum absolute atomic E-state index is 0.651. The molecule has 1 aliphatic rings. The summed E-state index contributed by atoms with van der Waals surface area (Å²) in [5, 5.41) is 0. The molecule has 0 N–H and O–H groups in total. The fourth-order valence-corrected chi connectivity index (χ4v) is 2.29. The molecule has 0 radical (unpaired) electrons. The van der Waals surface area contributed by atoms with Crippen LogP contribution in [0.25, 0.3) is 0 Å². The summed E-state index contributed by atoms with van der Waals surface area (Å²) >= 11 is 2.35. The summed E-state index contributed by atoms with van der Waals surface area (Å²) in [6.45, 7) is 5.73. The van der Waals surface area contributed by atoms with Crippen LogP contribution in [0.5, 0.6) is 0 Å². The first-order valence-electron chi connectivity index (χ1n) is 5.37. The van der Waals surface area contributed by atoms with Crippen molar-refractivity contribution >= 4 is 28.3 Å². The van der Waals surface area contributed by atoms with Crippen molar-refractivity contribution in [3.05, 3.63) is 27.8 Å². The predicted molar refractivity (Wildman–Crippen MR) is 73.5 cm³/mol. The molecule has 1 fully saturated rings. The molecule has 1 aromatic carbocycles. The van der Waals surface area contributed by atoms with Crippen molar-refractivity contribution in [3.8, 4) is 0 Å². The van der Waals surface area contributed by atoms with Gasteiger partial charge in [-0.3, -0.25) is 0 Å². The number of benzene rings is 1. The lowest BCUT2D eigenvalue weighted by atomic mass is 10.2. The highest BCUT2D eigenvalue weighted by Crippen LogP contribution is 2.19. The second-order valence-corrected chi connectivity index (χ2v) is 5.50. The molecule has 82 valence electrons. The first kappa shape index (κ1) is 11.2. The zero-order chi connectivity index (χ0) is 10.8. The van der Waals surface area contributed by atoms with Gasteiger partial charge in [-0.05, 0) is 60.8 Å². The van der Waals surface area contributed by atoms with Gasteiger partial charge in [0.15, 0.2) is 0 Å². The number of piperazine rings is 1. The molecule has 0 aromatic heterocycles. The van der Waals surface area contributed by atoms with Crippen LogP contribution in [0.1, 0.15) is 6.92 Å². The van der Waals surface area contributed by atoms with E-state index in [1.165, 1.54) is 9.26 Å². The summed E-state index contributed by atoms with van der Waals surface area (Å²) in [5.74, 6) is 0. The molecule has 1 saturated heterocycles. The normalized spacial score (nSPS) is 23.1. The van der Waals surface area contributed by atoms with Gasteiger partial charge in [0, 0.05) is 34.9 Å². The Balaban J connectivity index is 2.08. The number of likely N-dealkylation sites (N-methyl/N-ethyl adjacent to an activating group) is 1. The number of nitrogens with zero attached hydrogens (tertiary/aromatic N) is 2. The molecular formula is C12H17IN2. The molecule has 1 atom stereocenters. The SMILES string of the molecule is CC1CN(c2ccc(I)cc2)CCN1C. The van der Waals surface area contributed by atoms with Crippen LogP contribution < -0.4 is 4.90 Å². The van der Waals surface area contributed by atoms with E-state index in [0.717, 1.165) is 19.6 Å². The van der Waals surface area contributed by atoms with Crippen LogP contribution in [-0.4, -0.2) is 37.6 Å². The van der Waals surface area contributed by atoms with Crippen molar-refractivity contribution in [2.45, 2.75) is 13.0 Å². The van der Waals surface area contributed by atoms with E-state index in [0.29, 0.717) is 6.04 Å². The molecule has 1 unspecified atom stereocenters. The largest absolute Gasteiger partial charge is 0.369 e. The average molecular weight is 316 g/mol. The maximum Gasteiger partial charge on any atom is 0.0367 e. The quantitative estimate of drug-likeness (QED) is 0.734. The van der Waals surface area contributed by atoms with Crippen molar-refractivity contribution in [2.75, 3.05) is 31.6 Å². The highest BCUT2D eigenvalue weighted by Gasteiger charge is 2.20. The third kappa shape index (κ3) is 2.64. The Kier molecular flexibility index (Phi) is 3.51. The fourth-order valence-electron chi connectivity index (χ4n) is 1.93. The molecule has 2 rings (SSSR count). The van der Waals surface area contributed by atoms with Gasteiger partial charge in [0.1, 0.15) is 0 Å². The monoisotopic (exact) mass is 316 g/mol. The zero-order valence-corrected chi connectivity index (χ0v) is 11.4. The molecule has 0 amide bonds. The smallest absolute Gasteiger partial charge is 0.0367 e. The summed E-state index contributed by atoms with van der Waals surface area (Å²) in [4.78, 5) is 4.89. The van der Waals surface area contributed by atoms with E-state index in [9.17, 15) is 0 Å². The molecule has 1 aromatic rings. The summed E-state index contributed by atoms with van der Waals surface area (Å²) in [6.07, 6.45) is 0. The molecule has 0 spiro atoms. The zero-order valence-electron chi connectivity index (χ0n) is 9.28. The molecule has 0 saturated carbocycles. The van der Waals surface area contributed by atoms with Crippen LogP contribution in [0, 0.1) is 3.57 Å². The van der Waals surface area contributed by atoms with E-state index >= 15 is 0 Å². The van der Waals surface area contributed by atoms with Gasteiger partial charge in [-0.15, -0.1) is 0 Å². The lowest BCUT2D eigenvalue weighted by Crippen LogP contribution is -2.50. The lowest BCUT2D eigenvalue weighted by molar-refractivity contribution is 0.234. The standard InChI is InChI=1S/C12H17IN2/c1-10-9-15(8-7-14(10)2)12-5-3-11(13)4-6-12/h3-6,10H,7-9H2,1-2H3. The van der Waals surface area contributed by atoms with E-state index < -0.39 is 0 Å². The van der Waals surface area contributed by atoms with Gasteiger partial charge in [-0.1, -0.05) is 0 Å². The minimum atomic E-state index is 0.651. The van der Waals surface area contributed by atoms with Crippen LogP contribution in [0.4, 0.5) is 5.69 Å². The number of halogens is 1. The van der Waals surface area contributed by atoms with Gasteiger partial charge in [-0.2, -0.15) is 0 Å². The van der Waals surface area contributed by atoms with Gasteiger partial charge in [0.25, 0.3) is 0 Å². The van der Waals surface area contributed by atoms with Gasteiger partial charge in [0.2, 0.25) is 0 Å². The molecule has 0 aliphatic carbocycles. The van der Waals surface area contributed by atoms with Crippen LogP contribution in [0.2, 0.25) is 0 Å². The number of hydrogen-bond acceptors (Lipinski definition) is 2. The van der Waals surface area contributed by atoms with Crippen LogP contribution in [0.3, 0.4) is 0 Å². The highest BCUT2D eigenvalue weighted by atomic mass is 127. The van der Waals surface area contributed by atoms with Crippen LogP contribution >= 0.6 is 22.6 Å². The predicted octanol–water partition coefficient (Wildman–Crippen LogP) is 2.43. The summed E-state index contributed by atoms with van der Waals surface area (Å²) < 4.78 is 1.30. The topological polar surface area (TPSA) is 6.48 Å². The third-order valence-electron chi connectivity index (χ3n) is 3.15. The molecule has 15 heavy (non-hydrogen) atoms. The van der Waals surface area contributed by atoms with Crippen LogP contribution in [0.15, 0.2) is 24.3 Å². The molecule has 1 heterocycles. The lowest BCUT2D eigenvalue weighted by Gasteiger charge is -2.39. The van der Waals surface area contributed by atoms with Crippen molar-refractivity contribution in [1.29, 1.82) is 0 Å². The number of hydrogen-bond donors (Lipinski definition) is 0. The van der Waals surface area contributed by atoms with Gasteiger partial charge < -0.3 is 9.80 Å². The Hall–Kier alpha value is -0.290. The van der Waals surface area contributed by atoms with E-state index in [1.54, 1.807) is 0 Å². The van der Waals surface area contributed by atoms with E-state index in [-0.39, 0.29) is 0 Å². The molecular weight excluding hydrogens is 299 g/mol. The molecule has 1 aliphatic heterocycles. The Labute approximate surface area is 105 Å². The molecule has 2 nitrogen and oxygen atoms in total. The molecule has 3 heteroatoms. The Bertz CT molecular complexity index is 323. The van der Waals surface area contributed by atoms with E-state index in [4.69, 9.17) is 0 Å². The van der Waals surface area contributed by atoms with Gasteiger partial charge in [-0.25, -0.2) is 0 Å². The van der Waals surface area contributed by atoms with Crippen LogP contribution in [-0.2, 0) is 0 Å². The Morgan fingerprint density at radius 2 is 1.87 bits per heavy atom. The summed E-state index contributed by atoms with van der Waals surface area (Å²) in [6, 6.07) is 9.45. The Morgan fingerprint density at radius 1 is 1.20 bits per heavy atom. The average Bonchev–Trinajstić information content (AvgIpc) is 2.23. The first-order chi connectivity index (χ1) is 7.16. The van der Waals surface area contributed by atoms with Gasteiger partial charge >= 0.3 is 0 Å². The number of rotatable bonds is 1. The summed E-state index contributed by atoms with van der Waals surface area (Å²) in [5.41, 5.74) is 1.36. The first-order valence-corrected chi connectivity index (χ1v) is 6.45. The van der Waals surface area contributed by atoms with E-state index in [1.807, 2.05) is 0 Å². The maximum atomic E-state index is 2.47. The minimum Gasteiger partial charge on any atom is -0.369 e. The summed E-state index contributed by atoms with van der Waals surface area (Å²) in [7, 11) is 2.20. The second-order valence-electron chi connectivity index (χ2n) is 4.25. The Morgan fingerprint density at radius 3 is 2.47 bits per heavy atom. The van der Waals surface area contributed by atoms with Crippen molar-refractivity contribution in [1.82, 2.24) is 4.90 Å². The third-order valence-corrected chi connectivity index (χ3v) is 3.87. The maximum absolute atomic E-state index is 2.47. The van der Waals surface area contributed by atoms with Crippen molar-refractivity contribution < 1.29 is 0 Å². The van der Waals surface area contributed by atoms with Gasteiger partial charge in [0.05, 0.1) is 0 Å². The second kappa shape index (κ2) is 4.70. The highest BCUT2D eigenvalue weighted by molar-refractivity contribution is 14.1. The van der Waals surface area contributed by atoms with E-state index in [2.05, 4.69) is 70.6 Å². The molecule has 0 bridgehead atoms.